The van der Waals surface area contributed by atoms with Crippen LogP contribution >= 0.6 is 15.9 Å². The largest absolute Gasteiger partial charge is 0.314 e. The van der Waals surface area contributed by atoms with Gasteiger partial charge in [-0.1, -0.05) is 6.07 Å². The first-order valence-electron chi connectivity index (χ1n) is 7.08. The summed E-state index contributed by atoms with van der Waals surface area (Å²) >= 11 is 3.43. The second kappa shape index (κ2) is 7.09. The quantitative estimate of drug-likeness (QED) is 0.822. The van der Waals surface area contributed by atoms with Crippen LogP contribution in [0.4, 0.5) is 5.69 Å². The van der Waals surface area contributed by atoms with Crippen molar-refractivity contribution in [2.45, 2.75) is 13.8 Å². The SMILES string of the molecule is Cc1cc(C)c(NS(=O)(=O)CCN2CCNCC2)c(Br)c1. The van der Waals surface area contributed by atoms with Crippen molar-refractivity contribution < 1.29 is 8.42 Å². The van der Waals surface area contributed by atoms with Gasteiger partial charge in [0.2, 0.25) is 10.0 Å². The van der Waals surface area contributed by atoms with Gasteiger partial charge in [-0.05, 0) is 47.0 Å². The number of hydrogen-bond acceptors (Lipinski definition) is 4. The van der Waals surface area contributed by atoms with Crippen LogP contribution in [0.1, 0.15) is 11.1 Å². The van der Waals surface area contributed by atoms with Crippen molar-refractivity contribution in [1.29, 1.82) is 0 Å². The van der Waals surface area contributed by atoms with E-state index in [0.717, 1.165) is 41.8 Å². The molecule has 1 aromatic carbocycles. The Balaban J connectivity index is 2.00. The molecule has 0 radical (unpaired) electrons. The molecule has 21 heavy (non-hydrogen) atoms. The third-order valence-electron chi connectivity index (χ3n) is 3.58. The monoisotopic (exact) mass is 375 g/mol. The molecule has 2 N–H and O–H groups in total. The average Bonchev–Trinajstić information content (AvgIpc) is 2.42. The number of nitrogens with one attached hydrogen (secondary N) is 2. The minimum atomic E-state index is -3.33. The van der Waals surface area contributed by atoms with E-state index >= 15 is 0 Å². The van der Waals surface area contributed by atoms with E-state index in [1.165, 1.54) is 0 Å². The van der Waals surface area contributed by atoms with E-state index in [0.29, 0.717) is 12.2 Å². The van der Waals surface area contributed by atoms with Gasteiger partial charge in [0.25, 0.3) is 0 Å². The molecule has 7 heteroatoms. The number of hydrogen-bond donors (Lipinski definition) is 2. The maximum atomic E-state index is 12.3. The fraction of sp³-hybridized carbons (Fsp3) is 0.571. The number of piperazine rings is 1. The van der Waals surface area contributed by atoms with E-state index in [2.05, 4.69) is 30.9 Å². The summed E-state index contributed by atoms with van der Waals surface area (Å²) in [6.45, 7) is 8.13. The maximum Gasteiger partial charge on any atom is 0.234 e. The summed E-state index contributed by atoms with van der Waals surface area (Å²) in [7, 11) is -3.33. The lowest BCUT2D eigenvalue weighted by Crippen LogP contribution is -2.45. The van der Waals surface area contributed by atoms with Crippen LogP contribution in [0, 0.1) is 13.8 Å². The van der Waals surface area contributed by atoms with E-state index in [1.54, 1.807) is 0 Å². The number of anilines is 1. The van der Waals surface area contributed by atoms with Gasteiger partial charge in [0.05, 0.1) is 11.4 Å². The van der Waals surface area contributed by atoms with Crippen LogP contribution in [0.15, 0.2) is 16.6 Å². The summed E-state index contributed by atoms with van der Waals surface area (Å²) in [4.78, 5) is 2.17. The molecule has 118 valence electrons. The maximum absolute atomic E-state index is 12.3. The van der Waals surface area contributed by atoms with E-state index in [4.69, 9.17) is 0 Å². The fourth-order valence-electron chi connectivity index (χ4n) is 2.44. The molecule has 1 saturated heterocycles. The van der Waals surface area contributed by atoms with Crippen molar-refractivity contribution in [3.8, 4) is 0 Å². The van der Waals surface area contributed by atoms with Crippen molar-refractivity contribution in [1.82, 2.24) is 10.2 Å². The van der Waals surface area contributed by atoms with Crippen molar-refractivity contribution in [3.63, 3.8) is 0 Å². The molecule has 0 amide bonds. The summed E-state index contributed by atoms with van der Waals surface area (Å²) in [5.41, 5.74) is 2.66. The van der Waals surface area contributed by atoms with Crippen LogP contribution < -0.4 is 10.0 Å². The first-order chi connectivity index (χ1) is 9.87. The zero-order chi connectivity index (χ0) is 15.5. The Morgan fingerprint density at radius 1 is 1.29 bits per heavy atom. The van der Waals surface area contributed by atoms with Gasteiger partial charge >= 0.3 is 0 Å². The van der Waals surface area contributed by atoms with Crippen LogP contribution in [-0.2, 0) is 10.0 Å². The predicted octanol–water partition coefficient (Wildman–Crippen LogP) is 1.71. The standard InChI is InChI=1S/C14H22BrN3O2S/c1-11-9-12(2)14(13(15)10-11)17-21(19,20)8-7-18-5-3-16-4-6-18/h9-10,16-17H,3-8H2,1-2H3. The van der Waals surface area contributed by atoms with E-state index < -0.39 is 10.0 Å². The molecule has 0 atom stereocenters. The van der Waals surface area contributed by atoms with Crippen molar-refractivity contribution >= 4 is 31.6 Å². The van der Waals surface area contributed by atoms with Crippen LogP contribution in [0.2, 0.25) is 0 Å². The lowest BCUT2D eigenvalue weighted by molar-refractivity contribution is 0.254. The minimum absolute atomic E-state index is 0.118. The Kier molecular flexibility index (Phi) is 5.65. The smallest absolute Gasteiger partial charge is 0.234 e. The lowest BCUT2D eigenvalue weighted by atomic mass is 10.1. The zero-order valence-electron chi connectivity index (χ0n) is 12.4. The Bertz CT molecular complexity index is 575. The molecule has 1 aliphatic rings. The van der Waals surface area contributed by atoms with Crippen LogP contribution in [-0.4, -0.2) is 51.8 Å². The van der Waals surface area contributed by atoms with Gasteiger partial charge in [-0.2, -0.15) is 0 Å². The summed E-state index contributed by atoms with van der Waals surface area (Å²) in [5.74, 6) is 0.118. The third-order valence-corrected chi connectivity index (χ3v) is 5.44. The Labute approximate surface area is 135 Å². The molecule has 0 bridgehead atoms. The molecule has 0 spiro atoms. The lowest BCUT2D eigenvalue weighted by Gasteiger charge is -2.27. The molecule has 1 heterocycles. The van der Waals surface area contributed by atoms with E-state index in [-0.39, 0.29) is 5.75 Å². The summed E-state index contributed by atoms with van der Waals surface area (Å²) in [5, 5.41) is 3.26. The summed E-state index contributed by atoms with van der Waals surface area (Å²) < 4.78 is 28.0. The zero-order valence-corrected chi connectivity index (χ0v) is 14.8. The molecule has 1 aliphatic heterocycles. The highest BCUT2D eigenvalue weighted by atomic mass is 79.9. The van der Waals surface area contributed by atoms with Gasteiger partial charge in [0, 0.05) is 37.2 Å². The number of benzene rings is 1. The predicted molar refractivity (Wildman–Crippen MR) is 90.3 cm³/mol. The van der Waals surface area contributed by atoms with Crippen LogP contribution in [0.3, 0.4) is 0 Å². The second-order valence-corrected chi connectivity index (χ2v) is 8.15. The van der Waals surface area contributed by atoms with Gasteiger partial charge in [-0.3, -0.25) is 9.62 Å². The normalized spacial score (nSPS) is 16.9. The molecule has 0 unspecified atom stereocenters. The number of rotatable bonds is 5. The molecule has 5 nitrogen and oxygen atoms in total. The first kappa shape index (κ1) is 16.7. The molecular weight excluding hydrogens is 354 g/mol. The molecule has 0 saturated carbocycles. The molecular formula is C14H22BrN3O2S. The summed E-state index contributed by atoms with van der Waals surface area (Å²) in [6, 6.07) is 3.89. The molecule has 0 aliphatic carbocycles. The van der Waals surface area contributed by atoms with Crippen LogP contribution in [0.5, 0.6) is 0 Å². The highest BCUT2D eigenvalue weighted by molar-refractivity contribution is 9.10. The van der Waals surface area contributed by atoms with Gasteiger partial charge in [-0.15, -0.1) is 0 Å². The first-order valence-corrected chi connectivity index (χ1v) is 9.52. The number of nitrogens with zero attached hydrogens (tertiary/aromatic N) is 1. The Morgan fingerprint density at radius 2 is 1.95 bits per heavy atom. The van der Waals surface area contributed by atoms with Gasteiger partial charge in [0.1, 0.15) is 0 Å². The van der Waals surface area contributed by atoms with Crippen LogP contribution in [0.25, 0.3) is 0 Å². The van der Waals surface area contributed by atoms with Gasteiger partial charge in [-0.25, -0.2) is 8.42 Å². The third kappa shape index (κ3) is 4.95. The number of aryl methyl sites for hydroxylation is 2. The van der Waals surface area contributed by atoms with Gasteiger partial charge < -0.3 is 5.32 Å². The second-order valence-electron chi connectivity index (χ2n) is 5.45. The number of sulfonamides is 1. The molecule has 1 fully saturated rings. The van der Waals surface area contributed by atoms with Crippen molar-refractivity contribution in [3.05, 3.63) is 27.7 Å². The molecule has 2 rings (SSSR count). The topological polar surface area (TPSA) is 61.4 Å². The van der Waals surface area contributed by atoms with E-state index in [1.807, 2.05) is 26.0 Å². The fourth-order valence-corrected chi connectivity index (χ4v) is 4.52. The van der Waals surface area contributed by atoms with Gasteiger partial charge in [0.15, 0.2) is 0 Å². The molecule has 0 aromatic heterocycles. The van der Waals surface area contributed by atoms with Crippen molar-refractivity contribution in [2.75, 3.05) is 43.2 Å². The van der Waals surface area contributed by atoms with Crippen molar-refractivity contribution in [2.24, 2.45) is 0 Å². The highest BCUT2D eigenvalue weighted by Gasteiger charge is 2.17. The number of halogens is 1. The Hall–Kier alpha value is -0.630. The molecule has 1 aromatic rings. The van der Waals surface area contributed by atoms with E-state index in [9.17, 15) is 8.42 Å². The highest BCUT2D eigenvalue weighted by Crippen LogP contribution is 2.28. The summed E-state index contributed by atoms with van der Waals surface area (Å²) in [6.07, 6.45) is 0. The Morgan fingerprint density at radius 3 is 2.57 bits per heavy atom. The minimum Gasteiger partial charge on any atom is -0.314 e. The average molecular weight is 376 g/mol.